The van der Waals surface area contributed by atoms with Gasteiger partial charge in [0.2, 0.25) is 5.91 Å². The standard InChI is InChI=1S/C24H34N4O/c1-18(29)27-13-14-28(21-6-9-24(2,3)10-7-21)17-19(16-27)15-20-8-12-25-22-5-4-11-26-23(20)22/h4-5,8,11-12,19,21H,6-7,9-10,13-17H2,1-3H3/t19-/m1/s1. The van der Waals surface area contributed by atoms with Crippen LogP contribution in [0.4, 0.5) is 0 Å². The first kappa shape index (κ1) is 20.3. The Kier molecular flexibility index (Phi) is 5.86. The van der Waals surface area contributed by atoms with Gasteiger partial charge in [0.25, 0.3) is 0 Å². The third kappa shape index (κ3) is 4.77. The molecule has 3 heterocycles. The molecule has 0 unspecified atom stereocenters. The van der Waals surface area contributed by atoms with E-state index in [1.165, 1.54) is 31.2 Å². The molecule has 1 saturated carbocycles. The van der Waals surface area contributed by atoms with E-state index in [4.69, 9.17) is 0 Å². The van der Waals surface area contributed by atoms with E-state index in [0.717, 1.165) is 43.6 Å². The van der Waals surface area contributed by atoms with E-state index in [1.807, 2.05) is 29.4 Å². The third-order valence-electron chi connectivity index (χ3n) is 6.99. The fraction of sp³-hybridized carbons (Fsp3) is 0.625. The lowest BCUT2D eigenvalue weighted by Gasteiger charge is -2.40. The van der Waals surface area contributed by atoms with Crippen molar-refractivity contribution in [3.8, 4) is 0 Å². The Morgan fingerprint density at radius 1 is 1.10 bits per heavy atom. The average Bonchev–Trinajstić information content (AvgIpc) is 2.91. The van der Waals surface area contributed by atoms with Gasteiger partial charge in [-0.3, -0.25) is 19.7 Å². The van der Waals surface area contributed by atoms with Crippen molar-refractivity contribution in [1.29, 1.82) is 0 Å². The summed E-state index contributed by atoms with van der Waals surface area (Å²) in [5.41, 5.74) is 3.68. The van der Waals surface area contributed by atoms with Crippen molar-refractivity contribution in [2.24, 2.45) is 11.3 Å². The van der Waals surface area contributed by atoms with Gasteiger partial charge in [-0.15, -0.1) is 0 Å². The summed E-state index contributed by atoms with van der Waals surface area (Å²) in [5, 5.41) is 0. The van der Waals surface area contributed by atoms with E-state index in [-0.39, 0.29) is 5.91 Å². The third-order valence-corrected chi connectivity index (χ3v) is 6.99. The smallest absolute Gasteiger partial charge is 0.219 e. The van der Waals surface area contributed by atoms with Crippen LogP contribution in [0.25, 0.3) is 11.0 Å². The number of fused-ring (bicyclic) bond motifs is 1. The van der Waals surface area contributed by atoms with E-state index < -0.39 is 0 Å². The first-order chi connectivity index (χ1) is 13.9. The number of rotatable bonds is 3. The van der Waals surface area contributed by atoms with Crippen LogP contribution in [0.5, 0.6) is 0 Å². The van der Waals surface area contributed by atoms with Crippen LogP contribution in [0.1, 0.15) is 52.0 Å². The Bertz CT molecular complexity index is 850. The number of hydrogen-bond acceptors (Lipinski definition) is 4. The Balaban J connectivity index is 1.54. The molecule has 1 saturated heterocycles. The summed E-state index contributed by atoms with van der Waals surface area (Å²) in [5.74, 6) is 0.614. The molecule has 156 valence electrons. The van der Waals surface area contributed by atoms with Gasteiger partial charge in [0.15, 0.2) is 0 Å². The molecule has 0 bridgehead atoms. The molecule has 2 aromatic heterocycles. The monoisotopic (exact) mass is 394 g/mol. The van der Waals surface area contributed by atoms with Crippen LogP contribution in [0, 0.1) is 11.3 Å². The highest BCUT2D eigenvalue weighted by molar-refractivity contribution is 5.77. The van der Waals surface area contributed by atoms with Crippen molar-refractivity contribution in [1.82, 2.24) is 19.8 Å². The molecule has 2 fully saturated rings. The van der Waals surface area contributed by atoms with Gasteiger partial charge in [0.1, 0.15) is 0 Å². The van der Waals surface area contributed by atoms with Crippen molar-refractivity contribution in [2.45, 2.75) is 58.9 Å². The summed E-state index contributed by atoms with van der Waals surface area (Å²) in [6.45, 7) is 10.2. The Labute approximate surface area is 174 Å². The summed E-state index contributed by atoms with van der Waals surface area (Å²) in [6.07, 6.45) is 9.83. The second-order valence-electron chi connectivity index (χ2n) is 9.77. The average molecular weight is 395 g/mol. The second-order valence-corrected chi connectivity index (χ2v) is 9.77. The van der Waals surface area contributed by atoms with E-state index in [2.05, 4.69) is 34.8 Å². The topological polar surface area (TPSA) is 49.3 Å². The van der Waals surface area contributed by atoms with Crippen molar-refractivity contribution in [2.75, 3.05) is 26.2 Å². The minimum Gasteiger partial charge on any atom is -0.341 e. The highest BCUT2D eigenvalue weighted by Gasteiger charge is 2.33. The van der Waals surface area contributed by atoms with Gasteiger partial charge < -0.3 is 4.90 Å². The molecule has 1 aliphatic carbocycles. The van der Waals surface area contributed by atoms with Crippen molar-refractivity contribution >= 4 is 16.9 Å². The Morgan fingerprint density at radius 3 is 2.66 bits per heavy atom. The molecular weight excluding hydrogens is 360 g/mol. The van der Waals surface area contributed by atoms with Gasteiger partial charge in [0, 0.05) is 51.5 Å². The number of carbonyl (C=O) groups is 1. The lowest BCUT2D eigenvalue weighted by molar-refractivity contribution is -0.129. The normalized spacial score (nSPS) is 23.8. The Hall–Kier alpha value is -2.01. The summed E-state index contributed by atoms with van der Waals surface area (Å²) < 4.78 is 0. The van der Waals surface area contributed by atoms with Crippen LogP contribution in [0.2, 0.25) is 0 Å². The van der Waals surface area contributed by atoms with Crippen molar-refractivity contribution in [3.05, 3.63) is 36.2 Å². The molecule has 2 aromatic rings. The predicted molar refractivity (Wildman–Crippen MR) is 117 cm³/mol. The summed E-state index contributed by atoms with van der Waals surface area (Å²) >= 11 is 0. The fourth-order valence-corrected chi connectivity index (χ4v) is 5.14. The first-order valence-electron chi connectivity index (χ1n) is 11.1. The largest absolute Gasteiger partial charge is 0.341 e. The molecule has 1 atom stereocenters. The molecule has 4 rings (SSSR count). The van der Waals surface area contributed by atoms with Crippen LogP contribution in [-0.2, 0) is 11.2 Å². The maximum Gasteiger partial charge on any atom is 0.219 e. The van der Waals surface area contributed by atoms with E-state index >= 15 is 0 Å². The molecular formula is C24H34N4O. The van der Waals surface area contributed by atoms with Gasteiger partial charge >= 0.3 is 0 Å². The van der Waals surface area contributed by atoms with Gasteiger partial charge in [-0.05, 0) is 67.2 Å². The molecule has 5 heteroatoms. The summed E-state index contributed by atoms with van der Waals surface area (Å²) in [4.78, 5) is 26.0. The number of pyridine rings is 2. The van der Waals surface area contributed by atoms with Crippen molar-refractivity contribution < 1.29 is 4.79 Å². The minimum absolute atomic E-state index is 0.194. The summed E-state index contributed by atoms with van der Waals surface area (Å²) in [6, 6.07) is 6.72. The molecule has 0 radical (unpaired) electrons. The Morgan fingerprint density at radius 2 is 1.90 bits per heavy atom. The van der Waals surface area contributed by atoms with Gasteiger partial charge in [-0.1, -0.05) is 13.8 Å². The molecule has 1 aliphatic heterocycles. The predicted octanol–water partition coefficient (Wildman–Crippen LogP) is 3.92. The van der Waals surface area contributed by atoms with Crippen LogP contribution < -0.4 is 0 Å². The van der Waals surface area contributed by atoms with Crippen LogP contribution >= 0.6 is 0 Å². The zero-order valence-electron chi connectivity index (χ0n) is 18.1. The van der Waals surface area contributed by atoms with E-state index in [1.54, 1.807) is 6.92 Å². The highest BCUT2D eigenvalue weighted by atomic mass is 16.2. The quantitative estimate of drug-likeness (QED) is 0.792. The van der Waals surface area contributed by atoms with Crippen molar-refractivity contribution in [3.63, 3.8) is 0 Å². The minimum atomic E-state index is 0.194. The maximum absolute atomic E-state index is 12.2. The number of amides is 1. The van der Waals surface area contributed by atoms with Crippen LogP contribution in [0.3, 0.4) is 0 Å². The van der Waals surface area contributed by atoms with Crippen LogP contribution in [0.15, 0.2) is 30.6 Å². The number of nitrogens with zero attached hydrogens (tertiary/aromatic N) is 4. The zero-order valence-corrected chi connectivity index (χ0v) is 18.1. The molecule has 0 spiro atoms. The molecule has 29 heavy (non-hydrogen) atoms. The van der Waals surface area contributed by atoms with Crippen LogP contribution in [-0.4, -0.2) is 57.9 Å². The lowest BCUT2D eigenvalue weighted by Crippen LogP contribution is -2.43. The molecule has 5 nitrogen and oxygen atoms in total. The summed E-state index contributed by atoms with van der Waals surface area (Å²) in [7, 11) is 0. The number of carbonyl (C=O) groups excluding carboxylic acids is 1. The zero-order chi connectivity index (χ0) is 20.4. The van der Waals surface area contributed by atoms with Gasteiger partial charge in [-0.2, -0.15) is 0 Å². The molecule has 0 aromatic carbocycles. The van der Waals surface area contributed by atoms with Gasteiger partial charge in [-0.25, -0.2) is 0 Å². The first-order valence-corrected chi connectivity index (χ1v) is 11.1. The maximum atomic E-state index is 12.2. The molecule has 2 aliphatic rings. The SMILES string of the molecule is CC(=O)N1CCN(C2CCC(C)(C)CC2)C[C@H](Cc2ccnc3cccnc23)C1. The lowest BCUT2D eigenvalue weighted by atomic mass is 9.75. The van der Waals surface area contributed by atoms with Gasteiger partial charge in [0.05, 0.1) is 11.0 Å². The van der Waals surface area contributed by atoms with E-state index in [9.17, 15) is 4.79 Å². The second kappa shape index (κ2) is 8.39. The van der Waals surface area contributed by atoms with E-state index in [0.29, 0.717) is 17.4 Å². The highest BCUT2D eigenvalue weighted by Crippen LogP contribution is 2.37. The number of hydrogen-bond donors (Lipinski definition) is 0. The fourth-order valence-electron chi connectivity index (χ4n) is 5.14. The number of aromatic nitrogens is 2. The molecule has 0 N–H and O–H groups in total. The molecule has 1 amide bonds.